The maximum atomic E-state index is 9.75. The van der Waals surface area contributed by atoms with E-state index in [0.29, 0.717) is 5.75 Å². The third-order valence-electron chi connectivity index (χ3n) is 4.36. The van der Waals surface area contributed by atoms with E-state index in [-0.39, 0.29) is 6.04 Å². The summed E-state index contributed by atoms with van der Waals surface area (Å²) in [7, 11) is 1.69. The van der Waals surface area contributed by atoms with Gasteiger partial charge in [0, 0.05) is 23.1 Å². The number of fused-ring (bicyclic) bond motifs is 3. The van der Waals surface area contributed by atoms with Crippen molar-refractivity contribution in [1.29, 1.82) is 0 Å². The second-order valence-electron chi connectivity index (χ2n) is 5.66. The Bertz CT molecular complexity index is 838. The zero-order valence-corrected chi connectivity index (χ0v) is 12.4. The summed E-state index contributed by atoms with van der Waals surface area (Å²) in [5, 5.41) is 14.5. The van der Waals surface area contributed by atoms with E-state index in [9.17, 15) is 5.11 Å². The molecule has 1 atom stereocenters. The molecule has 3 aromatic rings. The lowest BCUT2D eigenvalue weighted by molar-refractivity contribution is 0.415. The van der Waals surface area contributed by atoms with Crippen molar-refractivity contribution < 1.29 is 9.84 Å². The molecule has 0 amide bonds. The van der Waals surface area contributed by atoms with E-state index in [1.807, 2.05) is 24.3 Å². The van der Waals surface area contributed by atoms with Crippen molar-refractivity contribution >= 4 is 10.9 Å². The molecule has 3 N–H and O–H groups in total. The summed E-state index contributed by atoms with van der Waals surface area (Å²) < 4.78 is 5.35. The van der Waals surface area contributed by atoms with Crippen LogP contribution in [0.15, 0.2) is 42.5 Å². The number of aromatic nitrogens is 1. The summed E-state index contributed by atoms with van der Waals surface area (Å²) >= 11 is 0. The number of aromatic amines is 1. The highest BCUT2D eigenvalue weighted by Gasteiger charge is 2.25. The third kappa shape index (κ3) is 2.04. The van der Waals surface area contributed by atoms with E-state index in [1.165, 1.54) is 16.6 Å². The van der Waals surface area contributed by atoms with Gasteiger partial charge in [-0.3, -0.25) is 0 Å². The smallest absolute Gasteiger partial charge is 0.119 e. The molecule has 1 aliphatic heterocycles. The van der Waals surface area contributed by atoms with Crippen LogP contribution in [0.3, 0.4) is 0 Å². The van der Waals surface area contributed by atoms with Crippen LogP contribution in [0.4, 0.5) is 0 Å². The van der Waals surface area contributed by atoms with Crippen LogP contribution in [0, 0.1) is 0 Å². The molecule has 2 heterocycles. The highest BCUT2D eigenvalue weighted by Crippen LogP contribution is 2.35. The zero-order chi connectivity index (χ0) is 15.1. The summed E-state index contributed by atoms with van der Waals surface area (Å²) in [6, 6.07) is 13.6. The molecular formula is C18H18N2O2. The molecule has 4 nitrogen and oxygen atoms in total. The Kier molecular flexibility index (Phi) is 3.05. The number of H-pyrrole nitrogens is 1. The van der Waals surface area contributed by atoms with Gasteiger partial charge in [0.1, 0.15) is 11.5 Å². The van der Waals surface area contributed by atoms with Crippen LogP contribution >= 0.6 is 0 Å². The predicted molar refractivity (Wildman–Crippen MR) is 86.5 cm³/mol. The monoisotopic (exact) mass is 294 g/mol. The minimum Gasteiger partial charge on any atom is -0.508 e. The number of benzene rings is 2. The molecule has 4 heteroatoms. The Hall–Kier alpha value is -2.46. The molecule has 1 aliphatic rings. The summed E-state index contributed by atoms with van der Waals surface area (Å²) in [6.07, 6.45) is 0.984. The largest absolute Gasteiger partial charge is 0.508 e. The normalized spacial score (nSPS) is 17.4. The number of aromatic hydroxyl groups is 1. The second-order valence-corrected chi connectivity index (χ2v) is 5.66. The van der Waals surface area contributed by atoms with Crippen molar-refractivity contribution in [2.45, 2.75) is 12.5 Å². The number of methoxy groups -OCH3 is 1. The molecular weight excluding hydrogens is 276 g/mol. The molecule has 112 valence electrons. The topological polar surface area (TPSA) is 57.3 Å². The third-order valence-corrected chi connectivity index (χ3v) is 4.36. The van der Waals surface area contributed by atoms with Gasteiger partial charge in [0.15, 0.2) is 0 Å². The fraction of sp³-hybridized carbons (Fsp3) is 0.222. The first kappa shape index (κ1) is 13.2. The van der Waals surface area contributed by atoms with Gasteiger partial charge >= 0.3 is 0 Å². The molecule has 22 heavy (non-hydrogen) atoms. The van der Waals surface area contributed by atoms with Gasteiger partial charge in [-0.2, -0.15) is 0 Å². The van der Waals surface area contributed by atoms with Crippen LogP contribution in [0.2, 0.25) is 0 Å². The maximum Gasteiger partial charge on any atom is 0.119 e. The lowest BCUT2D eigenvalue weighted by Crippen LogP contribution is -2.30. The average molecular weight is 294 g/mol. The zero-order valence-electron chi connectivity index (χ0n) is 12.4. The van der Waals surface area contributed by atoms with Crippen LogP contribution in [0.5, 0.6) is 11.5 Å². The van der Waals surface area contributed by atoms with Crippen molar-refractivity contribution in [2.75, 3.05) is 13.7 Å². The SMILES string of the molecule is COc1ccc2[nH]c3c(c2c1)CCN[C@@H]3c1cccc(O)c1. The number of hydrogen-bond acceptors (Lipinski definition) is 3. The number of ether oxygens (including phenoxy) is 1. The first-order chi connectivity index (χ1) is 10.8. The molecule has 0 spiro atoms. The minimum absolute atomic E-state index is 0.0780. The first-order valence-electron chi connectivity index (χ1n) is 7.47. The van der Waals surface area contributed by atoms with E-state index in [4.69, 9.17) is 4.74 Å². The van der Waals surface area contributed by atoms with Gasteiger partial charge < -0.3 is 20.1 Å². The average Bonchev–Trinajstić information content (AvgIpc) is 2.92. The van der Waals surface area contributed by atoms with Gasteiger partial charge in [-0.25, -0.2) is 0 Å². The van der Waals surface area contributed by atoms with E-state index in [2.05, 4.69) is 22.4 Å². The first-order valence-corrected chi connectivity index (χ1v) is 7.47. The van der Waals surface area contributed by atoms with E-state index in [0.717, 1.165) is 29.8 Å². The predicted octanol–water partition coefficient (Wildman–Crippen LogP) is 3.12. The minimum atomic E-state index is 0.0780. The quantitative estimate of drug-likeness (QED) is 0.680. The van der Waals surface area contributed by atoms with Gasteiger partial charge in [0.05, 0.1) is 13.2 Å². The molecule has 0 radical (unpaired) electrons. The lowest BCUT2D eigenvalue weighted by atomic mass is 9.94. The van der Waals surface area contributed by atoms with Crippen LogP contribution < -0.4 is 10.1 Å². The molecule has 0 fully saturated rings. The number of hydrogen-bond donors (Lipinski definition) is 3. The highest BCUT2D eigenvalue weighted by molar-refractivity contribution is 5.86. The molecule has 1 aromatic heterocycles. The number of rotatable bonds is 2. The van der Waals surface area contributed by atoms with Crippen molar-refractivity contribution in [3.63, 3.8) is 0 Å². The maximum absolute atomic E-state index is 9.75. The van der Waals surface area contributed by atoms with Crippen LogP contribution in [0.1, 0.15) is 22.9 Å². The van der Waals surface area contributed by atoms with Crippen molar-refractivity contribution in [3.05, 3.63) is 59.3 Å². The standard InChI is InChI=1S/C18H18N2O2/c1-22-13-5-6-16-15(10-13)14-7-8-19-17(18(14)20-16)11-3-2-4-12(21)9-11/h2-6,9-10,17,19-21H,7-8H2,1H3/t17-/m1/s1. The molecule has 0 saturated carbocycles. The number of phenolic OH excluding ortho intramolecular Hbond substituents is 1. The molecule has 4 rings (SSSR count). The summed E-state index contributed by atoms with van der Waals surface area (Å²) in [6.45, 7) is 0.914. The molecule has 2 aromatic carbocycles. The Balaban J connectivity index is 1.87. The Morgan fingerprint density at radius 1 is 1.18 bits per heavy atom. The number of nitrogens with one attached hydrogen (secondary N) is 2. The Morgan fingerprint density at radius 3 is 2.91 bits per heavy atom. The summed E-state index contributed by atoms with van der Waals surface area (Å²) in [5.74, 6) is 1.17. The van der Waals surface area contributed by atoms with Gasteiger partial charge in [0.2, 0.25) is 0 Å². The molecule has 0 bridgehead atoms. The van der Waals surface area contributed by atoms with E-state index in [1.54, 1.807) is 13.2 Å². The number of phenols is 1. The lowest BCUT2D eigenvalue weighted by Gasteiger charge is -2.25. The van der Waals surface area contributed by atoms with Crippen molar-refractivity contribution in [2.24, 2.45) is 0 Å². The summed E-state index contributed by atoms with van der Waals surface area (Å²) in [5.41, 5.74) is 4.71. The Labute approximate surface area is 128 Å². The fourth-order valence-corrected chi connectivity index (χ4v) is 3.32. The Morgan fingerprint density at radius 2 is 2.09 bits per heavy atom. The van der Waals surface area contributed by atoms with Gasteiger partial charge in [-0.15, -0.1) is 0 Å². The molecule has 0 aliphatic carbocycles. The van der Waals surface area contributed by atoms with Gasteiger partial charge in [0.25, 0.3) is 0 Å². The summed E-state index contributed by atoms with van der Waals surface area (Å²) in [4.78, 5) is 3.54. The molecule has 0 saturated heterocycles. The molecule has 0 unspecified atom stereocenters. The van der Waals surface area contributed by atoms with Crippen molar-refractivity contribution in [1.82, 2.24) is 10.3 Å². The van der Waals surface area contributed by atoms with Gasteiger partial charge in [-0.05, 0) is 47.9 Å². The van der Waals surface area contributed by atoms with Crippen LogP contribution in [-0.4, -0.2) is 23.7 Å². The second kappa shape index (κ2) is 5.07. The van der Waals surface area contributed by atoms with E-state index >= 15 is 0 Å². The van der Waals surface area contributed by atoms with E-state index < -0.39 is 0 Å². The highest BCUT2D eigenvalue weighted by atomic mass is 16.5. The van der Waals surface area contributed by atoms with Crippen LogP contribution in [-0.2, 0) is 6.42 Å². The van der Waals surface area contributed by atoms with Crippen LogP contribution in [0.25, 0.3) is 10.9 Å². The fourth-order valence-electron chi connectivity index (χ4n) is 3.32. The van der Waals surface area contributed by atoms with Crippen molar-refractivity contribution in [3.8, 4) is 11.5 Å². The van der Waals surface area contributed by atoms with Gasteiger partial charge in [-0.1, -0.05) is 12.1 Å².